The number of hydrogen-bond donors (Lipinski definition) is 2. The lowest BCUT2D eigenvalue weighted by Crippen LogP contribution is -2.12. The number of nitrogens with one attached hydrogen (secondary N) is 1. The lowest BCUT2D eigenvalue weighted by molar-refractivity contribution is 0.386. The Bertz CT molecular complexity index is 524. The molecule has 1 atom stereocenters. The molecule has 0 unspecified atom stereocenters. The van der Waals surface area contributed by atoms with Crippen LogP contribution < -0.4 is 10.5 Å². The standard InChI is InChI=1S/C12H14FN3O/c1-7-9(6-15-16-7)12(14)8-3-4-11(17-2)10(13)5-8/h3-6,12H,14H2,1-2H3,(H,15,16)/t12-/m0/s1. The summed E-state index contributed by atoms with van der Waals surface area (Å²) >= 11 is 0. The Morgan fingerprint density at radius 2 is 2.24 bits per heavy atom. The number of methoxy groups -OCH3 is 1. The van der Waals surface area contributed by atoms with Gasteiger partial charge in [-0.1, -0.05) is 6.07 Å². The first kappa shape index (κ1) is 11.6. The summed E-state index contributed by atoms with van der Waals surface area (Å²) in [5, 5.41) is 6.71. The van der Waals surface area contributed by atoms with E-state index in [1.54, 1.807) is 18.3 Å². The highest BCUT2D eigenvalue weighted by atomic mass is 19.1. The fourth-order valence-electron chi connectivity index (χ4n) is 1.73. The third-order valence-corrected chi connectivity index (χ3v) is 2.74. The van der Waals surface area contributed by atoms with Crippen molar-refractivity contribution in [2.75, 3.05) is 7.11 Å². The van der Waals surface area contributed by atoms with E-state index in [4.69, 9.17) is 10.5 Å². The zero-order valence-corrected chi connectivity index (χ0v) is 9.70. The van der Waals surface area contributed by atoms with Gasteiger partial charge in [-0.2, -0.15) is 5.10 Å². The molecule has 5 heteroatoms. The van der Waals surface area contributed by atoms with Crippen molar-refractivity contribution < 1.29 is 9.13 Å². The molecule has 4 nitrogen and oxygen atoms in total. The first-order chi connectivity index (χ1) is 8.13. The topological polar surface area (TPSA) is 63.9 Å². The molecular formula is C12H14FN3O. The van der Waals surface area contributed by atoms with Crippen LogP contribution in [0.15, 0.2) is 24.4 Å². The SMILES string of the molecule is COc1ccc([C@H](N)c2cn[nH]c2C)cc1F. The number of hydrogen-bond acceptors (Lipinski definition) is 3. The highest BCUT2D eigenvalue weighted by Crippen LogP contribution is 2.25. The number of nitrogens with zero attached hydrogens (tertiary/aromatic N) is 1. The number of aromatic nitrogens is 2. The molecule has 0 fully saturated rings. The van der Waals surface area contributed by atoms with Crippen LogP contribution >= 0.6 is 0 Å². The molecule has 0 amide bonds. The van der Waals surface area contributed by atoms with Crippen LogP contribution in [0, 0.1) is 12.7 Å². The lowest BCUT2D eigenvalue weighted by atomic mass is 10.0. The molecule has 0 saturated heterocycles. The molecule has 0 bridgehead atoms. The minimum absolute atomic E-state index is 0.213. The average Bonchev–Trinajstić information content (AvgIpc) is 2.74. The van der Waals surface area contributed by atoms with Gasteiger partial charge in [-0.05, 0) is 24.6 Å². The fraction of sp³-hybridized carbons (Fsp3) is 0.250. The summed E-state index contributed by atoms with van der Waals surface area (Å²) < 4.78 is 18.4. The Morgan fingerprint density at radius 3 is 2.76 bits per heavy atom. The summed E-state index contributed by atoms with van der Waals surface area (Å²) in [5.74, 6) is -0.202. The van der Waals surface area contributed by atoms with Crippen LogP contribution in [0.1, 0.15) is 22.9 Å². The van der Waals surface area contributed by atoms with Crippen LogP contribution in [0.2, 0.25) is 0 Å². The van der Waals surface area contributed by atoms with Crippen molar-refractivity contribution in [2.24, 2.45) is 5.73 Å². The van der Waals surface area contributed by atoms with Crippen molar-refractivity contribution in [1.29, 1.82) is 0 Å². The number of ether oxygens (including phenoxy) is 1. The number of H-pyrrole nitrogens is 1. The van der Waals surface area contributed by atoms with E-state index in [-0.39, 0.29) is 5.75 Å². The first-order valence-electron chi connectivity index (χ1n) is 5.22. The van der Waals surface area contributed by atoms with Crippen LogP contribution in [0.3, 0.4) is 0 Å². The van der Waals surface area contributed by atoms with Gasteiger partial charge in [-0.25, -0.2) is 4.39 Å². The first-order valence-corrected chi connectivity index (χ1v) is 5.22. The van der Waals surface area contributed by atoms with Crippen molar-refractivity contribution in [3.05, 3.63) is 47.0 Å². The second-order valence-electron chi connectivity index (χ2n) is 3.82. The van der Waals surface area contributed by atoms with E-state index in [9.17, 15) is 4.39 Å². The van der Waals surface area contributed by atoms with E-state index in [1.165, 1.54) is 13.2 Å². The summed E-state index contributed by atoms with van der Waals surface area (Å²) in [6, 6.07) is 4.31. The fourth-order valence-corrected chi connectivity index (χ4v) is 1.73. The van der Waals surface area contributed by atoms with Gasteiger partial charge in [0.25, 0.3) is 0 Å². The Hall–Kier alpha value is -1.88. The van der Waals surface area contributed by atoms with Crippen molar-refractivity contribution in [3.63, 3.8) is 0 Å². The third kappa shape index (κ3) is 2.14. The van der Waals surface area contributed by atoms with Crippen LogP contribution in [-0.4, -0.2) is 17.3 Å². The van der Waals surface area contributed by atoms with E-state index in [0.29, 0.717) is 5.56 Å². The largest absolute Gasteiger partial charge is 0.494 e. The van der Waals surface area contributed by atoms with Crippen molar-refractivity contribution in [3.8, 4) is 5.75 Å². The van der Waals surface area contributed by atoms with Crippen LogP contribution in [0.25, 0.3) is 0 Å². The van der Waals surface area contributed by atoms with Gasteiger partial charge in [-0.3, -0.25) is 5.10 Å². The summed E-state index contributed by atoms with van der Waals surface area (Å²) in [6.45, 7) is 1.88. The normalized spacial score (nSPS) is 12.5. The average molecular weight is 235 g/mol. The lowest BCUT2D eigenvalue weighted by Gasteiger charge is -2.12. The number of benzene rings is 1. The molecule has 0 saturated carbocycles. The molecule has 0 aliphatic carbocycles. The Balaban J connectivity index is 2.35. The number of aryl methyl sites for hydroxylation is 1. The molecule has 3 N–H and O–H groups in total. The summed E-state index contributed by atoms with van der Waals surface area (Å²) in [4.78, 5) is 0. The van der Waals surface area contributed by atoms with Gasteiger partial charge >= 0.3 is 0 Å². The second-order valence-corrected chi connectivity index (χ2v) is 3.82. The predicted molar refractivity (Wildman–Crippen MR) is 62.3 cm³/mol. The molecule has 0 aliphatic rings. The number of nitrogens with two attached hydrogens (primary N) is 1. The maximum absolute atomic E-state index is 13.5. The number of aromatic amines is 1. The third-order valence-electron chi connectivity index (χ3n) is 2.74. The number of halogens is 1. The van der Waals surface area contributed by atoms with Gasteiger partial charge in [0.05, 0.1) is 19.3 Å². The van der Waals surface area contributed by atoms with Crippen LogP contribution in [-0.2, 0) is 0 Å². The van der Waals surface area contributed by atoms with Crippen molar-refractivity contribution >= 4 is 0 Å². The minimum Gasteiger partial charge on any atom is -0.494 e. The quantitative estimate of drug-likeness (QED) is 0.854. The van der Waals surface area contributed by atoms with Gasteiger partial charge < -0.3 is 10.5 Å². The van der Waals surface area contributed by atoms with Gasteiger partial charge in [0.1, 0.15) is 0 Å². The second kappa shape index (κ2) is 4.55. The zero-order valence-electron chi connectivity index (χ0n) is 9.70. The Kier molecular flexibility index (Phi) is 3.10. The molecule has 1 aromatic carbocycles. The maximum Gasteiger partial charge on any atom is 0.165 e. The molecule has 90 valence electrons. The monoisotopic (exact) mass is 235 g/mol. The maximum atomic E-state index is 13.5. The summed E-state index contributed by atoms with van der Waals surface area (Å²) in [6.07, 6.45) is 1.65. The van der Waals surface area contributed by atoms with Crippen molar-refractivity contribution in [2.45, 2.75) is 13.0 Å². The molecule has 0 aliphatic heterocycles. The highest BCUT2D eigenvalue weighted by molar-refractivity contribution is 5.36. The van der Waals surface area contributed by atoms with E-state index >= 15 is 0 Å². The van der Waals surface area contributed by atoms with Gasteiger partial charge in [-0.15, -0.1) is 0 Å². The molecule has 1 heterocycles. The van der Waals surface area contributed by atoms with Gasteiger partial charge in [0, 0.05) is 11.3 Å². The molecule has 1 aromatic heterocycles. The molecule has 17 heavy (non-hydrogen) atoms. The smallest absolute Gasteiger partial charge is 0.165 e. The molecule has 2 rings (SSSR count). The summed E-state index contributed by atoms with van der Waals surface area (Å²) in [5.41, 5.74) is 8.48. The van der Waals surface area contributed by atoms with E-state index in [1.807, 2.05) is 6.92 Å². The van der Waals surface area contributed by atoms with Crippen LogP contribution in [0.4, 0.5) is 4.39 Å². The molecule has 0 radical (unpaired) electrons. The zero-order chi connectivity index (χ0) is 12.4. The summed E-state index contributed by atoms with van der Waals surface area (Å²) in [7, 11) is 1.43. The minimum atomic E-state index is -0.415. The number of rotatable bonds is 3. The predicted octanol–water partition coefficient (Wildman–Crippen LogP) is 1.91. The molecule has 0 spiro atoms. The van der Waals surface area contributed by atoms with E-state index in [2.05, 4.69) is 10.2 Å². The molecule has 2 aromatic rings. The van der Waals surface area contributed by atoms with E-state index in [0.717, 1.165) is 11.3 Å². The molecular weight excluding hydrogens is 221 g/mol. The van der Waals surface area contributed by atoms with E-state index < -0.39 is 11.9 Å². The van der Waals surface area contributed by atoms with Gasteiger partial charge in [0.15, 0.2) is 11.6 Å². The van der Waals surface area contributed by atoms with Gasteiger partial charge in [0.2, 0.25) is 0 Å². The Labute approximate surface area is 98.6 Å². The Morgan fingerprint density at radius 1 is 1.47 bits per heavy atom. The highest BCUT2D eigenvalue weighted by Gasteiger charge is 2.15. The van der Waals surface area contributed by atoms with Crippen LogP contribution in [0.5, 0.6) is 5.75 Å². The van der Waals surface area contributed by atoms with Crippen molar-refractivity contribution in [1.82, 2.24) is 10.2 Å².